The van der Waals surface area contributed by atoms with E-state index in [1.807, 2.05) is 34.7 Å². The van der Waals surface area contributed by atoms with E-state index in [-0.39, 0.29) is 11.8 Å². The van der Waals surface area contributed by atoms with Crippen LogP contribution in [0.2, 0.25) is 5.02 Å². The van der Waals surface area contributed by atoms with Crippen LogP contribution in [0, 0.1) is 12.8 Å². The van der Waals surface area contributed by atoms with Gasteiger partial charge in [-0.15, -0.1) is 0 Å². The Morgan fingerprint density at radius 3 is 2.73 bits per heavy atom. The molecule has 1 atom stereocenters. The third-order valence-electron chi connectivity index (χ3n) is 5.84. The highest BCUT2D eigenvalue weighted by molar-refractivity contribution is 7.88. The Hall–Kier alpha value is -1.90. The van der Waals surface area contributed by atoms with Crippen LogP contribution in [0.15, 0.2) is 24.4 Å². The van der Waals surface area contributed by atoms with Gasteiger partial charge >= 0.3 is 0 Å². The third kappa shape index (κ3) is 4.71. The van der Waals surface area contributed by atoms with Crippen LogP contribution in [-0.2, 0) is 10.0 Å². The summed E-state index contributed by atoms with van der Waals surface area (Å²) >= 11 is 6.32. The van der Waals surface area contributed by atoms with E-state index in [4.69, 9.17) is 11.6 Å². The molecule has 9 heteroatoms. The number of amides is 1. The Morgan fingerprint density at radius 1 is 1.30 bits per heavy atom. The summed E-state index contributed by atoms with van der Waals surface area (Å²) in [6.45, 7) is 3.55. The van der Waals surface area contributed by atoms with E-state index < -0.39 is 10.0 Å². The van der Waals surface area contributed by atoms with Gasteiger partial charge in [-0.1, -0.05) is 17.7 Å². The number of nitrogens with zero attached hydrogens (tertiary/aromatic N) is 3. The molecule has 1 amide bonds. The Labute approximate surface area is 182 Å². The summed E-state index contributed by atoms with van der Waals surface area (Å²) in [6.07, 6.45) is 6.69. The lowest BCUT2D eigenvalue weighted by Crippen LogP contribution is -2.43. The fourth-order valence-corrected chi connectivity index (χ4v) is 4.76. The molecule has 162 valence electrons. The summed E-state index contributed by atoms with van der Waals surface area (Å²) in [4.78, 5) is 15.2. The predicted octanol–water partition coefficient (Wildman–Crippen LogP) is 3.11. The van der Waals surface area contributed by atoms with Gasteiger partial charge in [-0.25, -0.2) is 17.8 Å². The molecule has 1 N–H and O–H groups in total. The number of aromatic nitrogens is 2. The molecule has 1 aromatic heterocycles. The number of halogens is 1. The summed E-state index contributed by atoms with van der Waals surface area (Å²) < 4.78 is 27.2. The summed E-state index contributed by atoms with van der Waals surface area (Å²) in [5.74, 6) is 0.428. The highest BCUT2D eigenvalue weighted by Gasteiger charge is 2.35. The maximum Gasteiger partial charge on any atom is 0.257 e. The van der Waals surface area contributed by atoms with Gasteiger partial charge in [0.25, 0.3) is 5.91 Å². The zero-order valence-corrected chi connectivity index (χ0v) is 18.8. The average Bonchev–Trinajstić information content (AvgIpc) is 3.45. The molecule has 7 nitrogen and oxygen atoms in total. The standard InChI is InChI=1S/C21H27ClN4O3S/c1-14-5-8-17(10-19(14)22)26-20(16-6-7-16)18(12-23-26)21(27)25-9-3-4-15(13-25)11-24-30(2,28)29/h5,8,10,12,15-16,24H,3-4,6-7,9,11,13H2,1-2H3. The van der Waals surface area contributed by atoms with Crippen molar-refractivity contribution in [3.8, 4) is 5.69 Å². The molecule has 2 aliphatic rings. The second-order valence-electron chi connectivity index (χ2n) is 8.44. The van der Waals surface area contributed by atoms with Crippen LogP contribution < -0.4 is 4.72 Å². The number of carbonyl (C=O) groups is 1. The molecule has 2 heterocycles. The molecule has 1 saturated carbocycles. The smallest absolute Gasteiger partial charge is 0.257 e. The molecule has 1 aliphatic heterocycles. The number of aryl methyl sites for hydroxylation is 1. The Morgan fingerprint density at radius 2 is 2.07 bits per heavy atom. The summed E-state index contributed by atoms with van der Waals surface area (Å²) in [6, 6.07) is 5.82. The highest BCUT2D eigenvalue weighted by atomic mass is 35.5. The molecule has 2 aromatic rings. The van der Waals surface area contributed by atoms with Crippen LogP contribution in [0.3, 0.4) is 0 Å². The van der Waals surface area contributed by atoms with E-state index in [1.54, 1.807) is 6.20 Å². The number of benzene rings is 1. The molecule has 2 fully saturated rings. The van der Waals surface area contributed by atoms with Crippen LogP contribution in [0.25, 0.3) is 5.69 Å². The van der Waals surface area contributed by atoms with Crippen LogP contribution in [0.4, 0.5) is 0 Å². The molecule has 0 radical (unpaired) electrons. The van der Waals surface area contributed by atoms with Gasteiger partial charge in [-0.2, -0.15) is 5.10 Å². The van der Waals surface area contributed by atoms with E-state index in [2.05, 4.69) is 9.82 Å². The summed E-state index contributed by atoms with van der Waals surface area (Å²) in [5, 5.41) is 5.22. The van der Waals surface area contributed by atoms with Crippen LogP contribution in [-0.4, -0.2) is 54.9 Å². The quantitative estimate of drug-likeness (QED) is 0.732. The van der Waals surface area contributed by atoms with Crippen molar-refractivity contribution in [3.63, 3.8) is 0 Å². The molecule has 0 bridgehead atoms. The monoisotopic (exact) mass is 450 g/mol. The minimum absolute atomic E-state index is 0.0228. The molecule has 1 aromatic carbocycles. The number of hydrogen-bond acceptors (Lipinski definition) is 4. The lowest BCUT2D eigenvalue weighted by atomic mass is 9.97. The Kier molecular flexibility index (Phi) is 5.92. The third-order valence-corrected chi connectivity index (χ3v) is 6.94. The van der Waals surface area contributed by atoms with Crippen molar-refractivity contribution in [2.75, 3.05) is 25.9 Å². The number of carbonyl (C=O) groups excluding carboxylic acids is 1. The highest BCUT2D eigenvalue weighted by Crippen LogP contribution is 2.43. The number of nitrogens with one attached hydrogen (secondary N) is 1. The second-order valence-corrected chi connectivity index (χ2v) is 10.7. The Bertz CT molecular complexity index is 1060. The number of piperidine rings is 1. The van der Waals surface area contributed by atoms with Gasteiger partial charge in [-0.05, 0) is 56.2 Å². The minimum atomic E-state index is -3.23. The van der Waals surface area contributed by atoms with Gasteiger partial charge in [0.15, 0.2) is 0 Å². The van der Waals surface area contributed by atoms with Gasteiger partial charge in [-0.3, -0.25) is 4.79 Å². The van der Waals surface area contributed by atoms with E-state index >= 15 is 0 Å². The molecule has 4 rings (SSSR count). The lowest BCUT2D eigenvalue weighted by molar-refractivity contribution is 0.0675. The number of hydrogen-bond donors (Lipinski definition) is 1. The molecule has 1 saturated heterocycles. The van der Waals surface area contributed by atoms with Crippen LogP contribution in [0.1, 0.15) is 53.2 Å². The fourth-order valence-electron chi connectivity index (χ4n) is 4.05. The van der Waals surface area contributed by atoms with Crippen molar-refractivity contribution >= 4 is 27.5 Å². The van der Waals surface area contributed by atoms with Crippen LogP contribution in [0.5, 0.6) is 0 Å². The van der Waals surface area contributed by atoms with Gasteiger partial charge in [0, 0.05) is 30.6 Å². The number of sulfonamides is 1. The van der Waals surface area contributed by atoms with Crippen LogP contribution >= 0.6 is 11.6 Å². The zero-order valence-electron chi connectivity index (χ0n) is 17.3. The van der Waals surface area contributed by atoms with Gasteiger partial charge in [0.2, 0.25) is 10.0 Å². The van der Waals surface area contributed by atoms with Gasteiger partial charge < -0.3 is 4.90 Å². The van der Waals surface area contributed by atoms with Gasteiger partial charge in [0.05, 0.1) is 29.4 Å². The van der Waals surface area contributed by atoms with Crippen molar-refractivity contribution in [1.82, 2.24) is 19.4 Å². The van der Waals surface area contributed by atoms with E-state index in [1.165, 1.54) is 0 Å². The van der Waals surface area contributed by atoms with Crippen molar-refractivity contribution in [1.29, 1.82) is 0 Å². The largest absolute Gasteiger partial charge is 0.338 e. The minimum Gasteiger partial charge on any atom is -0.338 e. The molecule has 30 heavy (non-hydrogen) atoms. The lowest BCUT2D eigenvalue weighted by Gasteiger charge is -2.32. The van der Waals surface area contributed by atoms with Crippen molar-refractivity contribution < 1.29 is 13.2 Å². The topological polar surface area (TPSA) is 84.3 Å². The van der Waals surface area contributed by atoms with E-state index in [0.29, 0.717) is 36.1 Å². The molecule has 1 aliphatic carbocycles. The first kappa shape index (κ1) is 21.3. The zero-order chi connectivity index (χ0) is 21.5. The average molecular weight is 451 g/mol. The maximum absolute atomic E-state index is 13.4. The maximum atomic E-state index is 13.4. The molecular weight excluding hydrogens is 424 g/mol. The number of likely N-dealkylation sites (tertiary alicyclic amines) is 1. The van der Waals surface area contributed by atoms with Gasteiger partial charge in [0.1, 0.15) is 0 Å². The SMILES string of the molecule is Cc1ccc(-n2ncc(C(=O)N3CCCC(CNS(C)(=O)=O)C3)c2C2CC2)cc1Cl. The van der Waals surface area contributed by atoms with Crippen molar-refractivity contribution in [2.45, 2.75) is 38.5 Å². The second kappa shape index (κ2) is 8.32. The number of rotatable bonds is 6. The normalized spacial score (nSPS) is 19.8. The molecule has 1 unspecified atom stereocenters. The first-order valence-corrected chi connectivity index (χ1v) is 12.6. The fraction of sp³-hybridized carbons (Fsp3) is 0.524. The van der Waals surface area contributed by atoms with E-state index in [9.17, 15) is 13.2 Å². The summed E-state index contributed by atoms with van der Waals surface area (Å²) in [7, 11) is -3.23. The van der Waals surface area contributed by atoms with Crippen molar-refractivity contribution in [3.05, 3.63) is 46.2 Å². The predicted molar refractivity (Wildman–Crippen MR) is 117 cm³/mol. The Balaban J connectivity index is 1.57. The first-order valence-electron chi connectivity index (χ1n) is 10.3. The first-order chi connectivity index (χ1) is 14.2. The summed E-state index contributed by atoms with van der Waals surface area (Å²) in [5.41, 5.74) is 3.46. The van der Waals surface area contributed by atoms with E-state index in [0.717, 1.165) is 48.9 Å². The van der Waals surface area contributed by atoms with Crippen molar-refractivity contribution in [2.24, 2.45) is 5.92 Å². The molecular formula is C21H27ClN4O3S. The molecule has 0 spiro atoms.